The van der Waals surface area contributed by atoms with Crippen molar-refractivity contribution in [1.29, 1.82) is 0 Å². The molecule has 2 spiro atoms. The molecule has 5 rings (SSSR count). The van der Waals surface area contributed by atoms with Crippen LogP contribution in [0.2, 0.25) is 5.28 Å². The Balaban J connectivity index is 1.27. The quantitative estimate of drug-likeness (QED) is 0.701. The van der Waals surface area contributed by atoms with Gasteiger partial charge in [0.25, 0.3) is 0 Å². The van der Waals surface area contributed by atoms with E-state index in [4.69, 9.17) is 30.5 Å². The summed E-state index contributed by atoms with van der Waals surface area (Å²) in [5, 5.41) is 0.282. The molecule has 5 heterocycles. The van der Waals surface area contributed by atoms with Crippen LogP contribution in [0.4, 0.5) is 11.6 Å². The van der Waals surface area contributed by atoms with Gasteiger partial charge in [-0.1, -0.05) is 0 Å². The Morgan fingerprint density at radius 1 is 0.704 bits per heavy atom. The van der Waals surface area contributed by atoms with Gasteiger partial charge in [-0.2, -0.15) is 0 Å². The Hall–Kier alpha value is -1.19. The van der Waals surface area contributed by atoms with Crippen molar-refractivity contribution >= 4 is 23.2 Å². The van der Waals surface area contributed by atoms with E-state index in [-0.39, 0.29) is 5.28 Å². The van der Waals surface area contributed by atoms with Crippen LogP contribution in [-0.2, 0) is 18.9 Å². The maximum atomic E-state index is 6.26. The molecule has 4 saturated heterocycles. The normalized spacial score (nSPS) is 27.0. The third kappa shape index (κ3) is 3.49. The summed E-state index contributed by atoms with van der Waals surface area (Å²) in [6.07, 6.45) is 3.35. The summed E-state index contributed by atoms with van der Waals surface area (Å²) in [4.78, 5) is 13.4. The summed E-state index contributed by atoms with van der Waals surface area (Å²) in [7, 11) is 0. The fourth-order valence-electron chi connectivity index (χ4n) is 4.44. The smallest absolute Gasteiger partial charge is 0.226 e. The molecule has 0 saturated carbocycles. The van der Waals surface area contributed by atoms with Crippen LogP contribution in [0.15, 0.2) is 6.07 Å². The number of ether oxygens (including phenoxy) is 4. The maximum absolute atomic E-state index is 6.26. The van der Waals surface area contributed by atoms with Crippen molar-refractivity contribution < 1.29 is 18.9 Å². The van der Waals surface area contributed by atoms with E-state index in [9.17, 15) is 0 Å². The molecule has 0 unspecified atom stereocenters. The van der Waals surface area contributed by atoms with Crippen molar-refractivity contribution in [3.05, 3.63) is 11.3 Å². The second-order valence-electron chi connectivity index (χ2n) is 7.54. The van der Waals surface area contributed by atoms with Gasteiger partial charge in [0.2, 0.25) is 5.28 Å². The first-order chi connectivity index (χ1) is 13.2. The molecule has 0 amide bonds. The second kappa shape index (κ2) is 7.00. The second-order valence-corrected chi connectivity index (χ2v) is 7.88. The van der Waals surface area contributed by atoms with Crippen LogP contribution < -0.4 is 9.80 Å². The van der Waals surface area contributed by atoms with Gasteiger partial charge >= 0.3 is 0 Å². The third-order valence-corrected chi connectivity index (χ3v) is 6.17. The lowest BCUT2D eigenvalue weighted by Crippen LogP contribution is -2.46. The zero-order chi connectivity index (χ0) is 18.3. The van der Waals surface area contributed by atoms with E-state index in [0.717, 1.165) is 63.5 Å². The zero-order valence-electron chi connectivity index (χ0n) is 15.4. The van der Waals surface area contributed by atoms with Crippen LogP contribution in [0, 0.1) is 0 Å². The lowest BCUT2D eigenvalue weighted by Gasteiger charge is -2.39. The number of halogens is 1. The SMILES string of the molecule is Clc1nc(N2CCC3(CC2)OCCO3)cc(N2CCC3(CC2)OCCO3)n1. The molecule has 0 bridgehead atoms. The average Bonchev–Trinajstić information content (AvgIpc) is 3.33. The summed E-state index contributed by atoms with van der Waals surface area (Å²) >= 11 is 6.26. The minimum atomic E-state index is -0.390. The fraction of sp³-hybridized carbons (Fsp3) is 0.778. The van der Waals surface area contributed by atoms with Crippen molar-refractivity contribution in [2.75, 3.05) is 62.4 Å². The van der Waals surface area contributed by atoms with Crippen LogP contribution in [0.25, 0.3) is 0 Å². The van der Waals surface area contributed by atoms with E-state index in [1.165, 1.54) is 0 Å². The molecule has 1 aromatic heterocycles. The van der Waals surface area contributed by atoms with Gasteiger partial charge in [0, 0.05) is 57.9 Å². The van der Waals surface area contributed by atoms with Gasteiger partial charge in [0.05, 0.1) is 26.4 Å². The van der Waals surface area contributed by atoms with Crippen LogP contribution in [0.3, 0.4) is 0 Å². The summed E-state index contributed by atoms with van der Waals surface area (Å²) in [5.41, 5.74) is 0. The number of hydrogen-bond acceptors (Lipinski definition) is 8. The highest BCUT2D eigenvalue weighted by Gasteiger charge is 2.41. The summed E-state index contributed by atoms with van der Waals surface area (Å²) < 4.78 is 23.3. The van der Waals surface area contributed by atoms with Crippen LogP contribution >= 0.6 is 11.6 Å². The molecule has 1 aromatic rings. The molecule has 27 heavy (non-hydrogen) atoms. The molecule has 9 heteroatoms. The predicted molar refractivity (Wildman–Crippen MR) is 99.2 cm³/mol. The largest absolute Gasteiger partial charge is 0.356 e. The topological polar surface area (TPSA) is 69.2 Å². The van der Waals surface area contributed by atoms with Gasteiger partial charge in [-0.3, -0.25) is 0 Å². The summed E-state index contributed by atoms with van der Waals surface area (Å²) in [6.45, 7) is 6.08. The number of anilines is 2. The van der Waals surface area contributed by atoms with Gasteiger partial charge < -0.3 is 28.7 Å². The number of piperidine rings is 2. The molecule has 0 aliphatic carbocycles. The summed E-state index contributed by atoms with van der Waals surface area (Å²) in [5.74, 6) is 0.954. The lowest BCUT2D eigenvalue weighted by molar-refractivity contribution is -0.169. The number of nitrogens with zero attached hydrogens (tertiary/aromatic N) is 4. The van der Waals surface area contributed by atoms with Gasteiger partial charge in [-0.15, -0.1) is 0 Å². The van der Waals surface area contributed by atoms with E-state index in [1.807, 2.05) is 6.07 Å². The number of aromatic nitrogens is 2. The van der Waals surface area contributed by atoms with Gasteiger partial charge in [0.1, 0.15) is 11.6 Å². The van der Waals surface area contributed by atoms with Crippen LogP contribution in [0.5, 0.6) is 0 Å². The van der Waals surface area contributed by atoms with Crippen molar-refractivity contribution in [3.63, 3.8) is 0 Å². The van der Waals surface area contributed by atoms with Crippen molar-refractivity contribution in [2.24, 2.45) is 0 Å². The highest BCUT2D eigenvalue weighted by molar-refractivity contribution is 6.28. The first-order valence-electron chi connectivity index (χ1n) is 9.76. The Bertz CT molecular complexity index is 620. The molecule has 8 nitrogen and oxygen atoms in total. The van der Waals surface area contributed by atoms with E-state index in [1.54, 1.807) is 0 Å². The van der Waals surface area contributed by atoms with E-state index in [2.05, 4.69) is 19.8 Å². The molecule has 0 radical (unpaired) electrons. The van der Waals surface area contributed by atoms with Gasteiger partial charge in [-0.25, -0.2) is 9.97 Å². The third-order valence-electron chi connectivity index (χ3n) is 6.00. The Morgan fingerprint density at radius 2 is 1.07 bits per heavy atom. The Kier molecular flexibility index (Phi) is 4.64. The molecule has 4 aliphatic rings. The first kappa shape index (κ1) is 17.9. The predicted octanol–water partition coefficient (Wildman–Crippen LogP) is 1.82. The minimum absolute atomic E-state index is 0.282. The van der Waals surface area contributed by atoms with Crippen molar-refractivity contribution in [3.8, 4) is 0 Å². The van der Waals surface area contributed by atoms with Gasteiger partial charge in [0.15, 0.2) is 11.6 Å². The zero-order valence-corrected chi connectivity index (χ0v) is 16.1. The lowest BCUT2D eigenvalue weighted by atomic mass is 10.0. The highest BCUT2D eigenvalue weighted by atomic mass is 35.5. The molecule has 4 fully saturated rings. The van der Waals surface area contributed by atoms with E-state index >= 15 is 0 Å². The molecular weight excluding hydrogens is 372 g/mol. The molecule has 0 atom stereocenters. The molecule has 4 aliphatic heterocycles. The first-order valence-corrected chi connectivity index (χ1v) is 10.1. The Morgan fingerprint density at radius 3 is 1.44 bits per heavy atom. The van der Waals surface area contributed by atoms with Gasteiger partial charge in [-0.05, 0) is 11.6 Å². The average molecular weight is 397 g/mol. The Labute approximate surface area is 163 Å². The minimum Gasteiger partial charge on any atom is -0.356 e. The molecular formula is C18H25ClN4O4. The highest BCUT2D eigenvalue weighted by Crippen LogP contribution is 2.35. The maximum Gasteiger partial charge on any atom is 0.226 e. The van der Waals surface area contributed by atoms with Crippen molar-refractivity contribution in [1.82, 2.24) is 9.97 Å². The molecule has 148 valence electrons. The molecule has 0 aromatic carbocycles. The summed E-state index contributed by atoms with van der Waals surface area (Å²) in [6, 6.07) is 2.04. The number of rotatable bonds is 2. The van der Waals surface area contributed by atoms with E-state index in [0.29, 0.717) is 26.4 Å². The monoisotopic (exact) mass is 396 g/mol. The van der Waals surface area contributed by atoms with Crippen molar-refractivity contribution in [2.45, 2.75) is 37.3 Å². The van der Waals surface area contributed by atoms with Crippen LogP contribution in [0.1, 0.15) is 25.7 Å². The van der Waals surface area contributed by atoms with E-state index < -0.39 is 11.6 Å². The number of hydrogen-bond donors (Lipinski definition) is 0. The standard InChI is InChI=1S/C18H25ClN4O4/c19-16-20-14(22-5-1-17(2-6-22)24-9-10-25-17)13-15(21-16)23-7-3-18(4-8-23)26-11-12-27-18/h13H,1-12H2. The fourth-order valence-corrected chi connectivity index (χ4v) is 4.62. The van der Waals surface area contributed by atoms with Crippen LogP contribution in [-0.4, -0.2) is 74.1 Å². The molecule has 0 N–H and O–H groups in total.